The van der Waals surface area contributed by atoms with Crippen molar-refractivity contribution < 1.29 is 9.47 Å². The summed E-state index contributed by atoms with van der Waals surface area (Å²) in [6, 6.07) is 0. The minimum Gasteiger partial charge on any atom is -0.473 e. The van der Waals surface area contributed by atoms with E-state index in [0.29, 0.717) is 24.3 Å². The van der Waals surface area contributed by atoms with E-state index < -0.39 is 0 Å². The molecule has 3 saturated heterocycles. The van der Waals surface area contributed by atoms with Crippen LogP contribution in [0.15, 0.2) is 0 Å². The minimum absolute atomic E-state index is 0.263. The molecule has 0 amide bonds. The summed E-state index contributed by atoms with van der Waals surface area (Å²) in [6.07, 6.45) is 7.55. The Bertz CT molecular complexity index is 432. The van der Waals surface area contributed by atoms with Crippen molar-refractivity contribution >= 4 is 11.7 Å². The Hall–Kier alpha value is -0.880. The van der Waals surface area contributed by atoms with E-state index in [1.807, 2.05) is 0 Å². The predicted octanol–water partition coefficient (Wildman–Crippen LogP) is 2.97. The second-order valence-corrected chi connectivity index (χ2v) is 6.61. The molecule has 0 saturated carbocycles. The molecular weight excluding hydrogens is 286 g/mol. The van der Waals surface area contributed by atoms with Crippen molar-refractivity contribution in [2.75, 3.05) is 26.2 Å². The largest absolute Gasteiger partial charge is 0.473 e. The van der Waals surface area contributed by atoms with Gasteiger partial charge in [-0.1, -0.05) is 26.2 Å². The zero-order valence-corrected chi connectivity index (χ0v) is 13.6. The summed E-state index contributed by atoms with van der Waals surface area (Å²) in [6.45, 7) is 6.40. The van der Waals surface area contributed by atoms with Gasteiger partial charge in [-0.3, -0.25) is 4.90 Å². The Morgan fingerprint density at radius 2 is 1.95 bits per heavy atom. The SMILES string of the molecule is CCCCCCOc1nsnc1O[C@@H]1CN2CCC1CC2. The zero-order valence-electron chi connectivity index (χ0n) is 12.8. The van der Waals surface area contributed by atoms with Crippen LogP contribution in [0.5, 0.6) is 11.8 Å². The molecule has 0 spiro atoms. The van der Waals surface area contributed by atoms with Crippen LogP contribution >= 0.6 is 11.7 Å². The lowest BCUT2D eigenvalue weighted by molar-refractivity contribution is -0.0110. The van der Waals surface area contributed by atoms with Crippen molar-refractivity contribution in [2.45, 2.75) is 51.6 Å². The third kappa shape index (κ3) is 3.86. The summed E-state index contributed by atoms with van der Waals surface area (Å²) in [7, 11) is 0. The molecule has 0 aromatic carbocycles. The highest BCUT2D eigenvalue weighted by Gasteiger charge is 2.36. The highest BCUT2D eigenvalue weighted by molar-refractivity contribution is 6.99. The molecule has 4 rings (SSSR count). The molecule has 2 bridgehead atoms. The van der Waals surface area contributed by atoms with Gasteiger partial charge in [-0.25, -0.2) is 0 Å². The van der Waals surface area contributed by atoms with Gasteiger partial charge in [0.15, 0.2) is 0 Å². The average molecular weight is 311 g/mol. The fourth-order valence-electron chi connectivity index (χ4n) is 3.22. The van der Waals surface area contributed by atoms with Crippen LogP contribution in [0.4, 0.5) is 0 Å². The summed E-state index contributed by atoms with van der Waals surface area (Å²) in [5.74, 6) is 1.87. The molecule has 1 aromatic heterocycles. The maximum absolute atomic E-state index is 6.11. The summed E-state index contributed by atoms with van der Waals surface area (Å²) in [4.78, 5) is 2.48. The zero-order chi connectivity index (χ0) is 14.5. The fraction of sp³-hybridized carbons (Fsp3) is 0.867. The van der Waals surface area contributed by atoms with Gasteiger partial charge in [-0.05, 0) is 38.3 Å². The molecule has 0 radical (unpaired) electrons. The summed E-state index contributed by atoms with van der Waals surface area (Å²) in [5, 5.41) is 0. The molecule has 118 valence electrons. The predicted molar refractivity (Wildman–Crippen MR) is 83.1 cm³/mol. The molecule has 3 aliphatic rings. The molecule has 5 nitrogen and oxygen atoms in total. The molecule has 0 aliphatic carbocycles. The maximum Gasteiger partial charge on any atom is 0.291 e. The topological polar surface area (TPSA) is 47.5 Å². The van der Waals surface area contributed by atoms with Gasteiger partial charge in [0.25, 0.3) is 11.8 Å². The first-order valence-corrected chi connectivity index (χ1v) is 8.94. The van der Waals surface area contributed by atoms with Gasteiger partial charge in [0.1, 0.15) is 6.10 Å². The summed E-state index contributed by atoms with van der Waals surface area (Å²) >= 11 is 1.18. The number of hydrogen-bond acceptors (Lipinski definition) is 6. The molecule has 3 aliphatic heterocycles. The Balaban J connectivity index is 1.48. The van der Waals surface area contributed by atoms with Crippen LogP contribution in [0.1, 0.15) is 45.4 Å². The van der Waals surface area contributed by atoms with Gasteiger partial charge in [-0.2, -0.15) is 0 Å². The third-order valence-corrected chi connectivity index (χ3v) is 5.02. The first-order valence-electron chi connectivity index (χ1n) is 8.21. The highest BCUT2D eigenvalue weighted by atomic mass is 32.1. The number of hydrogen-bond donors (Lipinski definition) is 0. The van der Waals surface area contributed by atoms with Gasteiger partial charge in [0, 0.05) is 6.54 Å². The number of aromatic nitrogens is 2. The van der Waals surface area contributed by atoms with Gasteiger partial charge in [0.2, 0.25) is 0 Å². The fourth-order valence-corrected chi connectivity index (χ4v) is 3.66. The van der Waals surface area contributed by atoms with Crippen LogP contribution in [-0.4, -0.2) is 46.0 Å². The molecule has 1 aromatic rings. The number of unbranched alkanes of at least 4 members (excludes halogenated alkanes) is 3. The number of rotatable bonds is 8. The number of ether oxygens (including phenoxy) is 2. The van der Waals surface area contributed by atoms with Crippen molar-refractivity contribution in [3.05, 3.63) is 0 Å². The van der Waals surface area contributed by atoms with Crippen molar-refractivity contribution in [1.29, 1.82) is 0 Å². The van der Waals surface area contributed by atoms with Crippen molar-refractivity contribution in [1.82, 2.24) is 13.6 Å². The molecule has 3 fully saturated rings. The second-order valence-electron chi connectivity index (χ2n) is 6.08. The van der Waals surface area contributed by atoms with E-state index >= 15 is 0 Å². The smallest absolute Gasteiger partial charge is 0.291 e. The molecule has 6 heteroatoms. The van der Waals surface area contributed by atoms with Gasteiger partial charge < -0.3 is 9.47 Å². The lowest BCUT2D eigenvalue weighted by Crippen LogP contribution is -2.52. The molecule has 0 N–H and O–H groups in total. The van der Waals surface area contributed by atoms with Crippen LogP contribution in [0.25, 0.3) is 0 Å². The average Bonchev–Trinajstić information content (AvgIpc) is 2.95. The van der Waals surface area contributed by atoms with Crippen LogP contribution in [-0.2, 0) is 0 Å². The standard InChI is InChI=1S/C15H25N3O2S/c1-2-3-4-5-10-19-14-15(17-21-16-14)20-13-11-18-8-6-12(13)7-9-18/h12-13H,2-11H2,1H3/t13-/m1/s1. The Morgan fingerprint density at radius 1 is 1.14 bits per heavy atom. The third-order valence-electron chi connectivity index (χ3n) is 4.53. The van der Waals surface area contributed by atoms with E-state index in [1.54, 1.807) is 0 Å². The molecular formula is C15H25N3O2S. The Labute approximate surface area is 131 Å². The second kappa shape index (κ2) is 7.40. The van der Waals surface area contributed by atoms with E-state index in [-0.39, 0.29) is 6.10 Å². The summed E-state index contributed by atoms with van der Waals surface area (Å²) in [5.41, 5.74) is 0. The van der Waals surface area contributed by atoms with E-state index in [2.05, 4.69) is 20.6 Å². The van der Waals surface area contributed by atoms with Gasteiger partial charge >= 0.3 is 0 Å². The Kier molecular flexibility index (Phi) is 5.30. The first kappa shape index (κ1) is 15.0. The number of fused-ring (bicyclic) bond motifs is 3. The highest BCUT2D eigenvalue weighted by Crippen LogP contribution is 2.33. The van der Waals surface area contributed by atoms with E-state index in [0.717, 1.165) is 13.0 Å². The molecule has 1 atom stereocenters. The lowest BCUT2D eigenvalue weighted by atomic mass is 9.86. The summed E-state index contributed by atoms with van der Waals surface area (Å²) < 4.78 is 20.4. The van der Waals surface area contributed by atoms with E-state index in [1.165, 1.54) is 56.9 Å². The van der Waals surface area contributed by atoms with E-state index in [4.69, 9.17) is 9.47 Å². The number of nitrogens with zero attached hydrogens (tertiary/aromatic N) is 3. The monoisotopic (exact) mass is 311 g/mol. The number of piperidine rings is 3. The minimum atomic E-state index is 0.263. The van der Waals surface area contributed by atoms with Gasteiger partial charge in [0.05, 0.1) is 18.3 Å². The first-order chi connectivity index (χ1) is 10.4. The van der Waals surface area contributed by atoms with Crippen molar-refractivity contribution in [3.8, 4) is 11.8 Å². The van der Waals surface area contributed by atoms with Gasteiger partial charge in [-0.15, -0.1) is 8.75 Å². The molecule has 0 unspecified atom stereocenters. The van der Waals surface area contributed by atoms with Crippen LogP contribution in [0, 0.1) is 5.92 Å². The van der Waals surface area contributed by atoms with E-state index in [9.17, 15) is 0 Å². The van der Waals surface area contributed by atoms with Crippen molar-refractivity contribution in [3.63, 3.8) is 0 Å². The van der Waals surface area contributed by atoms with Crippen LogP contribution in [0.2, 0.25) is 0 Å². The molecule has 4 heterocycles. The Morgan fingerprint density at radius 3 is 2.67 bits per heavy atom. The van der Waals surface area contributed by atoms with Crippen LogP contribution in [0.3, 0.4) is 0 Å². The lowest BCUT2D eigenvalue weighted by Gasteiger charge is -2.43. The van der Waals surface area contributed by atoms with Crippen LogP contribution < -0.4 is 9.47 Å². The quantitative estimate of drug-likeness (QED) is 0.691. The normalized spacial score (nSPS) is 27.8. The van der Waals surface area contributed by atoms with Crippen molar-refractivity contribution in [2.24, 2.45) is 5.92 Å². The molecule has 21 heavy (non-hydrogen) atoms. The maximum atomic E-state index is 6.11.